The molecule has 0 radical (unpaired) electrons. The monoisotopic (exact) mass is 207 g/mol. The fourth-order valence-corrected chi connectivity index (χ4v) is 1.74. The van der Waals surface area contributed by atoms with Crippen LogP contribution in [0.25, 0.3) is 4.85 Å². The van der Waals surface area contributed by atoms with Crippen molar-refractivity contribution in [2.45, 2.75) is 26.1 Å². The third-order valence-electron chi connectivity index (χ3n) is 2.72. The molecule has 0 unspecified atom stereocenters. The molecule has 0 spiro atoms. The number of nitrogens with zero attached hydrogens (tertiary/aromatic N) is 3. The highest BCUT2D eigenvalue weighted by molar-refractivity contribution is 5.87. The van der Waals surface area contributed by atoms with Crippen LogP contribution < -0.4 is 0 Å². The normalized spacial score (nSPS) is 22.5. The highest BCUT2D eigenvalue weighted by atomic mass is 16.2. The lowest BCUT2D eigenvalue weighted by atomic mass is 10.2. The fourth-order valence-electron chi connectivity index (χ4n) is 1.74. The Morgan fingerprint density at radius 1 is 1.60 bits per heavy atom. The Balaban J connectivity index is 2.69. The van der Waals surface area contributed by atoms with Crippen LogP contribution in [0.3, 0.4) is 0 Å². The van der Waals surface area contributed by atoms with E-state index in [0.717, 1.165) is 6.54 Å². The second-order valence-corrected chi connectivity index (χ2v) is 3.93. The lowest BCUT2D eigenvalue weighted by Gasteiger charge is -2.36. The number of amides is 1. The largest absolute Gasteiger partial charge is 0.313 e. The number of carbonyl (C=O) groups excluding carboxylic acids is 1. The van der Waals surface area contributed by atoms with Gasteiger partial charge in [-0.15, -0.1) is 0 Å². The van der Waals surface area contributed by atoms with Gasteiger partial charge in [0.15, 0.2) is 0 Å². The minimum atomic E-state index is -0.355. The first-order valence-corrected chi connectivity index (χ1v) is 5.13. The zero-order valence-corrected chi connectivity index (χ0v) is 9.31. The van der Waals surface area contributed by atoms with E-state index in [1.807, 2.05) is 0 Å². The van der Waals surface area contributed by atoms with Crippen molar-refractivity contribution in [1.82, 2.24) is 9.80 Å². The van der Waals surface area contributed by atoms with Crippen LogP contribution >= 0.6 is 0 Å². The average Bonchev–Trinajstić information content (AvgIpc) is 2.27. The third kappa shape index (κ3) is 2.57. The second-order valence-electron chi connectivity index (χ2n) is 3.93. The van der Waals surface area contributed by atoms with E-state index in [-0.39, 0.29) is 12.1 Å². The molecule has 0 saturated carbocycles. The molecular weight excluding hydrogens is 190 g/mol. The fraction of sp³-hybridized carbons (Fsp3) is 0.636. The number of carbonyl (C=O) groups is 1. The quantitative estimate of drug-likeness (QED) is 0.498. The highest BCUT2D eigenvalue weighted by Crippen LogP contribution is 2.13. The second kappa shape index (κ2) is 4.94. The van der Waals surface area contributed by atoms with Crippen molar-refractivity contribution < 1.29 is 4.79 Å². The summed E-state index contributed by atoms with van der Waals surface area (Å²) in [5, 5.41) is 0. The van der Waals surface area contributed by atoms with Crippen molar-refractivity contribution >= 4 is 5.91 Å². The van der Waals surface area contributed by atoms with Gasteiger partial charge in [0.2, 0.25) is 0 Å². The maximum Gasteiger partial charge on any atom is 0.313 e. The van der Waals surface area contributed by atoms with Crippen molar-refractivity contribution in [3.05, 3.63) is 24.1 Å². The summed E-state index contributed by atoms with van der Waals surface area (Å²) in [5.41, 5.74) is 0. The zero-order valence-electron chi connectivity index (χ0n) is 9.31. The molecule has 15 heavy (non-hydrogen) atoms. The molecular formula is C11H17N3O. The Morgan fingerprint density at radius 3 is 2.73 bits per heavy atom. The first-order valence-electron chi connectivity index (χ1n) is 5.13. The maximum atomic E-state index is 11.5. The average molecular weight is 207 g/mol. The summed E-state index contributed by atoms with van der Waals surface area (Å²) in [6, 6.07) is 0.426. The SMILES string of the molecule is [C-]#[N+][C@@H]1CN(C(C)C)CCN1C(=O)C=C. The van der Waals surface area contributed by atoms with E-state index in [1.165, 1.54) is 6.08 Å². The Morgan fingerprint density at radius 2 is 2.27 bits per heavy atom. The van der Waals surface area contributed by atoms with E-state index in [1.54, 1.807) is 4.90 Å². The van der Waals surface area contributed by atoms with Gasteiger partial charge in [0.05, 0.1) is 6.54 Å². The van der Waals surface area contributed by atoms with Gasteiger partial charge >= 0.3 is 6.17 Å². The summed E-state index contributed by atoms with van der Waals surface area (Å²) in [4.78, 5) is 18.8. The molecule has 0 aliphatic carbocycles. The van der Waals surface area contributed by atoms with Gasteiger partial charge in [-0.1, -0.05) is 6.58 Å². The molecule has 1 heterocycles. The zero-order chi connectivity index (χ0) is 11.4. The molecule has 1 fully saturated rings. The van der Waals surface area contributed by atoms with Gasteiger partial charge < -0.3 is 0 Å². The molecule has 1 saturated heterocycles. The van der Waals surface area contributed by atoms with Crippen molar-refractivity contribution in [3.63, 3.8) is 0 Å². The molecule has 0 aromatic rings. The standard InChI is InChI=1S/C11H17N3O/c1-5-11(15)14-7-6-13(9(2)3)8-10(14)12-4/h5,9-10H,1,6-8H2,2-3H3/t10-/m0/s1. The minimum absolute atomic E-state index is 0.139. The van der Waals surface area contributed by atoms with E-state index in [2.05, 4.69) is 30.2 Å². The van der Waals surface area contributed by atoms with E-state index in [0.29, 0.717) is 19.1 Å². The van der Waals surface area contributed by atoms with Gasteiger partial charge in [0.1, 0.15) is 0 Å². The summed E-state index contributed by atoms with van der Waals surface area (Å²) in [6.07, 6.45) is 0.926. The number of rotatable bonds is 2. The van der Waals surface area contributed by atoms with E-state index < -0.39 is 0 Å². The van der Waals surface area contributed by atoms with Crippen molar-refractivity contribution in [1.29, 1.82) is 0 Å². The Kier molecular flexibility index (Phi) is 3.87. The van der Waals surface area contributed by atoms with Gasteiger partial charge in [-0.2, -0.15) is 0 Å². The van der Waals surface area contributed by atoms with Crippen LogP contribution in [0.1, 0.15) is 13.8 Å². The molecule has 4 nitrogen and oxygen atoms in total. The minimum Gasteiger partial charge on any atom is -0.290 e. The Labute approximate surface area is 91.0 Å². The van der Waals surface area contributed by atoms with Gasteiger partial charge in [-0.25, -0.2) is 6.57 Å². The predicted octanol–water partition coefficient (Wildman–Crippen LogP) is 0.970. The molecule has 1 aliphatic heterocycles. The first-order chi connectivity index (χ1) is 7.10. The lowest BCUT2D eigenvalue weighted by Crippen LogP contribution is -2.55. The highest BCUT2D eigenvalue weighted by Gasteiger charge is 2.33. The van der Waals surface area contributed by atoms with Crippen molar-refractivity contribution in [2.24, 2.45) is 0 Å². The Hall–Kier alpha value is -1.34. The van der Waals surface area contributed by atoms with Gasteiger partial charge in [0.25, 0.3) is 5.91 Å². The summed E-state index contributed by atoms with van der Waals surface area (Å²) >= 11 is 0. The summed E-state index contributed by atoms with van der Waals surface area (Å²) in [5.74, 6) is -0.139. The Bertz CT molecular complexity index is 293. The van der Waals surface area contributed by atoms with Crippen molar-refractivity contribution in [2.75, 3.05) is 19.6 Å². The molecule has 0 aromatic carbocycles. The van der Waals surface area contributed by atoms with Gasteiger partial charge in [0, 0.05) is 19.1 Å². The smallest absolute Gasteiger partial charge is 0.290 e. The molecule has 0 bridgehead atoms. The van der Waals surface area contributed by atoms with Crippen LogP contribution in [-0.4, -0.2) is 47.5 Å². The molecule has 1 amide bonds. The molecule has 1 rings (SSSR count). The molecule has 82 valence electrons. The lowest BCUT2D eigenvalue weighted by molar-refractivity contribution is -0.129. The van der Waals surface area contributed by atoms with Crippen molar-refractivity contribution in [3.8, 4) is 0 Å². The number of hydrogen-bond acceptors (Lipinski definition) is 2. The number of hydrogen-bond donors (Lipinski definition) is 0. The molecule has 1 aliphatic rings. The number of piperazine rings is 1. The van der Waals surface area contributed by atoms with Crippen LogP contribution in [0, 0.1) is 6.57 Å². The van der Waals surface area contributed by atoms with Crippen LogP contribution in [0.15, 0.2) is 12.7 Å². The third-order valence-corrected chi connectivity index (χ3v) is 2.72. The van der Waals surface area contributed by atoms with Gasteiger partial charge in [-0.3, -0.25) is 19.4 Å². The van der Waals surface area contributed by atoms with E-state index in [9.17, 15) is 4.79 Å². The summed E-state index contributed by atoms with van der Waals surface area (Å²) < 4.78 is 0. The summed E-state index contributed by atoms with van der Waals surface area (Å²) in [7, 11) is 0. The topological polar surface area (TPSA) is 27.9 Å². The molecule has 1 atom stereocenters. The molecule has 4 heteroatoms. The maximum absolute atomic E-state index is 11.5. The van der Waals surface area contributed by atoms with E-state index in [4.69, 9.17) is 6.57 Å². The van der Waals surface area contributed by atoms with Crippen LogP contribution in [0.4, 0.5) is 0 Å². The van der Waals surface area contributed by atoms with Gasteiger partial charge in [-0.05, 0) is 19.9 Å². The van der Waals surface area contributed by atoms with Crippen LogP contribution in [-0.2, 0) is 4.79 Å². The first kappa shape index (κ1) is 11.7. The predicted molar refractivity (Wildman–Crippen MR) is 59.0 cm³/mol. The molecule has 0 N–H and O–H groups in total. The molecule has 0 aromatic heterocycles. The summed E-state index contributed by atoms with van der Waals surface area (Å²) in [6.45, 7) is 16.9. The van der Waals surface area contributed by atoms with Crippen LogP contribution in [0.2, 0.25) is 0 Å². The van der Waals surface area contributed by atoms with Crippen LogP contribution in [0.5, 0.6) is 0 Å². The van der Waals surface area contributed by atoms with E-state index >= 15 is 0 Å².